The van der Waals surface area contributed by atoms with Crippen molar-refractivity contribution in [3.63, 3.8) is 0 Å². The molecule has 5 aromatic carbocycles. The molecule has 0 bridgehead atoms. The fourth-order valence-corrected chi connectivity index (χ4v) is 8.30. The lowest BCUT2D eigenvalue weighted by Crippen LogP contribution is -2.67. The Bertz CT molecular complexity index is 2200. The zero-order valence-electron chi connectivity index (χ0n) is 37.2. The molecule has 13 nitrogen and oxygen atoms in total. The van der Waals surface area contributed by atoms with Gasteiger partial charge in [-0.3, -0.25) is 4.79 Å². The number of ketones is 1. The first-order valence-electron chi connectivity index (χ1n) is 22.5. The maximum Gasteiger partial charge on any atom is 0.306 e. The molecule has 0 N–H and O–H groups in total. The number of hydrogen-bond donors (Lipinski definition) is 0. The molecular weight excluding hydrogens is 845 g/mol. The highest BCUT2D eigenvalue weighted by Gasteiger charge is 2.57. The van der Waals surface area contributed by atoms with Crippen LogP contribution in [0.5, 0.6) is 0 Å². The largest absolute Gasteiger partial charge is 0.454 e. The summed E-state index contributed by atoms with van der Waals surface area (Å²) in [5.74, 6) is -0.784. The summed E-state index contributed by atoms with van der Waals surface area (Å²) < 4.78 is 72.8. The third-order valence-corrected chi connectivity index (χ3v) is 11.7. The number of ether oxygens (including phenoxy) is 11. The predicted molar refractivity (Wildman–Crippen MR) is 240 cm³/mol. The minimum atomic E-state index is -1.20. The maximum atomic E-state index is 13.6. The lowest BCUT2D eigenvalue weighted by atomic mass is 9.95. The van der Waals surface area contributed by atoms with E-state index in [-0.39, 0.29) is 51.7 Å². The highest BCUT2D eigenvalue weighted by molar-refractivity contribution is 5.81. The third-order valence-electron chi connectivity index (χ3n) is 11.7. The molecule has 3 saturated heterocycles. The molecule has 11 atom stereocenters. The molecule has 5 aromatic rings. The van der Waals surface area contributed by atoms with Gasteiger partial charge in [0.1, 0.15) is 48.5 Å². The lowest BCUT2D eigenvalue weighted by molar-refractivity contribution is -0.396. The van der Waals surface area contributed by atoms with Crippen LogP contribution in [0.3, 0.4) is 0 Å². The third kappa shape index (κ3) is 12.8. The van der Waals surface area contributed by atoms with E-state index in [0.29, 0.717) is 6.61 Å². The topological polar surface area (TPSA) is 136 Å². The first-order valence-corrected chi connectivity index (χ1v) is 22.5. The molecule has 3 aliphatic heterocycles. The monoisotopic (exact) mass is 902 g/mol. The Hall–Kier alpha value is -5.16. The van der Waals surface area contributed by atoms with Crippen LogP contribution in [-0.4, -0.2) is 93.5 Å². The fourth-order valence-electron chi connectivity index (χ4n) is 8.30. The van der Waals surface area contributed by atoms with Crippen molar-refractivity contribution in [2.45, 2.75) is 114 Å². The zero-order valence-corrected chi connectivity index (χ0v) is 37.2. The van der Waals surface area contributed by atoms with Crippen LogP contribution < -0.4 is 0 Å². The number of Topliss-reactive ketones (excluding diaryl/α,β-unsaturated/α-hetero) is 1. The van der Waals surface area contributed by atoms with Crippen LogP contribution in [0, 0.1) is 0 Å². The molecule has 0 saturated carbocycles. The Morgan fingerprint density at radius 1 is 0.545 bits per heavy atom. The summed E-state index contributed by atoms with van der Waals surface area (Å²) in [6.07, 6.45) is -10.4. The Labute approximate surface area is 386 Å². The number of hydrogen-bond acceptors (Lipinski definition) is 13. The Morgan fingerprint density at radius 3 is 1.61 bits per heavy atom. The Morgan fingerprint density at radius 2 is 1.06 bits per heavy atom. The first-order chi connectivity index (χ1) is 32.4. The molecule has 66 heavy (non-hydrogen) atoms. The highest BCUT2D eigenvalue weighted by Crippen LogP contribution is 2.40. The van der Waals surface area contributed by atoms with Gasteiger partial charge in [0.2, 0.25) is 0 Å². The minimum absolute atomic E-state index is 0.00133. The molecule has 13 heteroatoms. The molecule has 0 amide bonds. The van der Waals surface area contributed by atoms with Gasteiger partial charge in [0.05, 0.1) is 46.1 Å². The van der Waals surface area contributed by atoms with Gasteiger partial charge in [-0.1, -0.05) is 152 Å². The molecule has 0 aromatic heterocycles. The van der Waals surface area contributed by atoms with Crippen molar-refractivity contribution in [2.75, 3.05) is 20.3 Å². The van der Waals surface area contributed by atoms with Crippen molar-refractivity contribution < 1.29 is 61.7 Å². The average molecular weight is 903 g/mol. The molecule has 3 aliphatic rings. The number of carbonyl (C=O) groups excluding carboxylic acids is 2. The van der Waals surface area contributed by atoms with Crippen molar-refractivity contribution in [1.29, 1.82) is 0 Å². The molecule has 0 spiro atoms. The van der Waals surface area contributed by atoms with Crippen LogP contribution in [0.1, 0.15) is 53.9 Å². The molecule has 348 valence electrons. The number of esters is 1. The van der Waals surface area contributed by atoms with Crippen molar-refractivity contribution in [3.05, 3.63) is 179 Å². The van der Waals surface area contributed by atoms with Gasteiger partial charge in [-0.25, -0.2) is 0 Å². The molecule has 8 rings (SSSR count). The van der Waals surface area contributed by atoms with E-state index in [2.05, 4.69) is 0 Å². The quantitative estimate of drug-likeness (QED) is 0.0663. The van der Waals surface area contributed by atoms with Gasteiger partial charge in [0.15, 0.2) is 25.0 Å². The first kappa shape index (κ1) is 47.3. The van der Waals surface area contributed by atoms with E-state index in [1.54, 1.807) is 0 Å². The van der Waals surface area contributed by atoms with Gasteiger partial charge in [-0.2, -0.15) is 0 Å². The van der Waals surface area contributed by atoms with E-state index in [0.717, 1.165) is 27.8 Å². The minimum Gasteiger partial charge on any atom is -0.454 e. The summed E-state index contributed by atoms with van der Waals surface area (Å²) in [5.41, 5.74) is 4.58. The smallest absolute Gasteiger partial charge is 0.306 e. The van der Waals surface area contributed by atoms with Crippen LogP contribution in [-0.2, 0) is 88.1 Å². The van der Waals surface area contributed by atoms with Crippen LogP contribution in [0.25, 0.3) is 0 Å². The number of carbonyl (C=O) groups is 2. The van der Waals surface area contributed by atoms with Gasteiger partial charge >= 0.3 is 5.97 Å². The van der Waals surface area contributed by atoms with Crippen molar-refractivity contribution in [2.24, 2.45) is 0 Å². The van der Waals surface area contributed by atoms with Crippen LogP contribution in [0.2, 0.25) is 0 Å². The summed E-state index contributed by atoms with van der Waals surface area (Å²) in [6, 6.07) is 49.0. The summed E-state index contributed by atoms with van der Waals surface area (Å²) >= 11 is 0. The predicted octanol–water partition coefficient (Wildman–Crippen LogP) is 7.84. The fraction of sp³-hybridized carbons (Fsp3) is 0.396. The van der Waals surface area contributed by atoms with Crippen molar-refractivity contribution in [1.82, 2.24) is 0 Å². The molecule has 0 aliphatic carbocycles. The molecule has 0 unspecified atom stereocenters. The number of rotatable bonds is 21. The Kier molecular flexibility index (Phi) is 17.2. The van der Waals surface area contributed by atoms with E-state index in [1.165, 1.54) is 14.0 Å². The second kappa shape index (κ2) is 24.0. The van der Waals surface area contributed by atoms with Gasteiger partial charge in [0.25, 0.3) is 0 Å². The molecular formula is C53H58O13. The Balaban J connectivity index is 1.18. The number of methoxy groups -OCH3 is 1. The average Bonchev–Trinajstić information content (AvgIpc) is 3.36. The van der Waals surface area contributed by atoms with Gasteiger partial charge in [-0.15, -0.1) is 0 Å². The maximum absolute atomic E-state index is 13.6. The van der Waals surface area contributed by atoms with Gasteiger partial charge in [-0.05, 0) is 29.2 Å². The van der Waals surface area contributed by atoms with E-state index in [1.807, 2.05) is 152 Å². The summed E-state index contributed by atoms with van der Waals surface area (Å²) in [7, 11) is 1.46. The van der Waals surface area contributed by atoms with Crippen LogP contribution in [0.15, 0.2) is 152 Å². The van der Waals surface area contributed by atoms with Crippen LogP contribution >= 0.6 is 0 Å². The molecule has 3 fully saturated rings. The second-order valence-electron chi connectivity index (χ2n) is 16.5. The standard InChI is InChI=1S/C53H58O13/c1-36(54)28-29-44(55)64-50-48(46-43(62-52(50)56-2)35-61-51(65-46)41-26-16-7-17-27-41)66-53-49(60-33-40-24-14-6-15-25-40)47(59-32-39-22-12-5-13-23-39)45(58-31-38-20-10-4-11-21-38)42(63-53)34-57-30-37-18-8-3-9-19-37/h3-27,42-43,45-53H,28-35H2,1-2H3/t42-,43-,45-,46+,47+,48+,49-,50-,51+,52-,53+/m1/s1. The zero-order chi connectivity index (χ0) is 45.5. The van der Waals surface area contributed by atoms with Crippen molar-refractivity contribution in [3.8, 4) is 0 Å². The van der Waals surface area contributed by atoms with E-state index < -0.39 is 73.7 Å². The van der Waals surface area contributed by atoms with E-state index >= 15 is 0 Å². The lowest BCUT2D eigenvalue weighted by Gasteiger charge is -2.51. The second-order valence-corrected chi connectivity index (χ2v) is 16.5. The van der Waals surface area contributed by atoms with E-state index in [9.17, 15) is 9.59 Å². The molecule has 3 heterocycles. The van der Waals surface area contributed by atoms with E-state index in [4.69, 9.17) is 52.1 Å². The molecule has 0 radical (unpaired) electrons. The van der Waals surface area contributed by atoms with Crippen LogP contribution in [0.4, 0.5) is 0 Å². The summed E-state index contributed by atoms with van der Waals surface area (Å²) in [5, 5.41) is 0. The summed E-state index contributed by atoms with van der Waals surface area (Å²) in [6.45, 7) is 2.58. The van der Waals surface area contributed by atoms with Crippen molar-refractivity contribution >= 4 is 11.8 Å². The highest BCUT2D eigenvalue weighted by atomic mass is 16.8. The van der Waals surface area contributed by atoms with Gasteiger partial charge in [0, 0.05) is 19.1 Å². The van der Waals surface area contributed by atoms with Gasteiger partial charge < -0.3 is 56.9 Å². The normalized spacial score (nSPS) is 27.4. The SMILES string of the molecule is CO[C@@H]1O[C@@H]2CO[C@H](c3ccccc3)O[C@@H]2[C@H](O[C@@H]2O[C@H](COCc3ccccc3)[C@@H](OCc3ccccc3)[C@H](OCc3ccccc3)[C@H]2OCc2ccccc2)[C@H]1OC(=O)CCC(C)=O. The number of benzene rings is 5. The number of fused-ring (bicyclic) bond motifs is 1. The summed E-state index contributed by atoms with van der Waals surface area (Å²) in [4.78, 5) is 25.5.